The molecule has 0 aromatic heterocycles. The number of fused-ring (bicyclic) bond motifs is 1. The predicted octanol–water partition coefficient (Wildman–Crippen LogP) is 4.12. The van der Waals surface area contributed by atoms with Crippen molar-refractivity contribution in [1.29, 1.82) is 0 Å². The van der Waals surface area contributed by atoms with Crippen molar-refractivity contribution in [3.63, 3.8) is 0 Å². The van der Waals surface area contributed by atoms with Gasteiger partial charge in [-0.3, -0.25) is 24.6 Å². The van der Waals surface area contributed by atoms with Gasteiger partial charge < -0.3 is 10.0 Å². The highest BCUT2D eigenvalue weighted by Gasteiger charge is 2.55. The molecule has 3 aliphatic heterocycles. The van der Waals surface area contributed by atoms with Crippen LogP contribution in [0.25, 0.3) is 0 Å². The number of nitrogens with one attached hydrogen (secondary N) is 1. The van der Waals surface area contributed by atoms with E-state index in [1.165, 1.54) is 17.0 Å². The fourth-order valence-corrected chi connectivity index (χ4v) is 7.32. The average molecular weight is 556 g/mol. The lowest BCUT2D eigenvalue weighted by Crippen LogP contribution is -2.56. The van der Waals surface area contributed by atoms with Crippen LogP contribution in [0.5, 0.6) is 0 Å². The first-order valence-electron chi connectivity index (χ1n) is 13.9. The van der Waals surface area contributed by atoms with Gasteiger partial charge in [0.1, 0.15) is 6.04 Å². The highest BCUT2D eigenvalue weighted by atomic mass is 19.4. The minimum Gasteiger partial charge on any atom is -0.384 e. The van der Waals surface area contributed by atoms with Crippen molar-refractivity contribution in [1.82, 2.24) is 15.1 Å². The summed E-state index contributed by atoms with van der Waals surface area (Å²) in [6.45, 7) is 1.97. The number of nitrogens with zero attached hydrogens (tertiary/aromatic N) is 2. The molecule has 2 aromatic rings. The lowest BCUT2D eigenvalue weighted by Gasteiger charge is -2.53. The molecular formula is C30H32F3N3O4. The van der Waals surface area contributed by atoms with Crippen molar-refractivity contribution in [2.75, 3.05) is 13.1 Å². The van der Waals surface area contributed by atoms with Gasteiger partial charge >= 0.3 is 6.18 Å². The molecule has 2 saturated heterocycles. The fraction of sp³-hybridized carbons (Fsp3) is 0.500. The Hall–Kier alpha value is -3.24. The summed E-state index contributed by atoms with van der Waals surface area (Å²) >= 11 is 0. The number of imide groups is 1. The highest BCUT2D eigenvalue weighted by Crippen LogP contribution is 2.56. The summed E-state index contributed by atoms with van der Waals surface area (Å²) in [5.74, 6) is -1.03. The molecule has 7 nitrogen and oxygen atoms in total. The number of amides is 3. The molecule has 2 N–H and O–H groups in total. The van der Waals surface area contributed by atoms with Crippen LogP contribution >= 0.6 is 0 Å². The van der Waals surface area contributed by atoms with E-state index in [-0.39, 0.29) is 24.8 Å². The van der Waals surface area contributed by atoms with Crippen LogP contribution < -0.4 is 5.32 Å². The smallest absolute Gasteiger partial charge is 0.384 e. The van der Waals surface area contributed by atoms with Crippen LogP contribution in [0.4, 0.5) is 13.2 Å². The van der Waals surface area contributed by atoms with E-state index in [0.29, 0.717) is 38.0 Å². The van der Waals surface area contributed by atoms with E-state index in [1.807, 2.05) is 12.1 Å². The van der Waals surface area contributed by atoms with Gasteiger partial charge in [0, 0.05) is 43.6 Å². The number of hydrogen-bond acceptors (Lipinski definition) is 5. The Morgan fingerprint density at radius 1 is 1.00 bits per heavy atom. The first-order chi connectivity index (χ1) is 19.0. The molecule has 4 aliphatic rings. The van der Waals surface area contributed by atoms with E-state index < -0.39 is 34.7 Å². The molecule has 0 radical (unpaired) electrons. The van der Waals surface area contributed by atoms with Crippen molar-refractivity contribution >= 4 is 17.7 Å². The topological polar surface area (TPSA) is 90.0 Å². The van der Waals surface area contributed by atoms with Gasteiger partial charge in [-0.05, 0) is 60.6 Å². The maximum absolute atomic E-state index is 13.2. The fourth-order valence-electron chi connectivity index (χ4n) is 7.32. The lowest BCUT2D eigenvalue weighted by atomic mass is 9.63. The quantitative estimate of drug-likeness (QED) is 0.554. The number of alkyl halides is 3. The number of halogens is 3. The predicted molar refractivity (Wildman–Crippen MR) is 139 cm³/mol. The van der Waals surface area contributed by atoms with E-state index in [1.54, 1.807) is 6.07 Å². The lowest BCUT2D eigenvalue weighted by molar-refractivity contribution is -0.142. The van der Waals surface area contributed by atoms with Gasteiger partial charge in [-0.25, -0.2) is 0 Å². The number of carbonyl (C=O) groups is 3. The van der Waals surface area contributed by atoms with Crippen molar-refractivity contribution < 1.29 is 32.7 Å². The van der Waals surface area contributed by atoms with E-state index in [0.717, 1.165) is 54.5 Å². The normalized spacial score (nSPS) is 26.9. The third-order valence-corrected chi connectivity index (χ3v) is 9.44. The number of aliphatic hydroxyl groups is 1. The molecule has 6 rings (SSSR count). The third-order valence-electron chi connectivity index (χ3n) is 9.44. The summed E-state index contributed by atoms with van der Waals surface area (Å²) in [5, 5.41) is 14.7. The number of benzene rings is 2. The minimum atomic E-state index is -4.37. The van der Waals surface area contributed by atoms with E-state index in [4.69, 9.17) is 0 Å². The second-order valence-electron chi connectivity index (χ2n) is 11.8. The van der Waals surface area contributed by atoms with Crippen molar-refractivity contribution in [2.45, 2.75) is 75.9 Å². The molecule has 10 heteroatoms. The first-order valence-corrected chi connectivity index (χ1v) is 13.9. The van der Waals surface area contributed by atoms with Crippen LogP contribution in [0.15, 0.2) is 42.5 Å². The molecule has 2 aromatic carbocycles. The van der Waals surface area contributed by atoms with Gasteiger partial charge in [-0.2, -0.15) is 13.2 Å². The van der Waals surface area contributed by atoms with E-state index >= 15 is 0 Å². The van der Waals surface area contributed by atoms with Crippen LogP contribution in [0.1, 0.15) is 77.6 Å². The molecule has 40 heavy (non-hydrogen) atoms. The van der Waals surface area contributed by atoms with Gasteiger partial charge in [0.2, 0.25) is 11.8 Å². The van der Waals surface area contributed by atoms with E-state index in [9.17, 15) is 32.7 Å². The summed E-state index contributed by atoms with van der Waals surface area (Å²) < 4.78 is 39.0. The number of hydrogen-bond donors (Lipinski definition) is 2. The van der Waals surface area contributed by atoms with E-state index in [2.05, 4.69) is 10.2 Å². The van der Waals surface area contributed by atoms with Crippen molar-refractivity contribution in [2.24, 2.45) is 5.41 Å². The average Bonchev–Trinajstić information content (AvgIpc) is 3.51. The summed E-state index contributed by atoms with van der Waals surface area (Å²) in [6, 6.07) is 10.1. The zero-order valence-corrected chi connectivity index (χ0v) is 22.1. The van der Waals surface area contributed by atoms with Gasteiger partial charge in [-0.15, -0.1) is 0 Å². The highest BCUT2D eigenvalue weighted by molar-refractivity contribution is 6.05. The van der Waals surface area contributed by atoms with Crippen LogP contribution in [0.3, 0.4) is 0 Å². The van der Waals surface area contributed by atoms with Crippen LogP contribution in [-0.4, -0.2) is 51.8 Å². The minimum absolute atomic E-state index is 0.188. The Morgan fingerprint density at radius 3 is 2.40 bits per heavy atom. The SMILES string of the molecule is O=C1CC[C@@H](N2Cc3cc([C@]4(O)CCN(Cc5ccc(C(F)(F)F)cc5)CC45CCCC5)ccc3C2=O)C(=O)N1. The van der Waals surface area contributed by atoms with Gasteiger partial charge in [0.25, 0.3) is 5.91 Å². The van der Waals surface area contributed by atoms with Crippen molar-refractivity contribution in [3.05, 3.63) is 70.3 Å². The maximum atomic E-state index is 13.2. The first kappa shape index (κ1) is 27.0. The number of piperidine rings is 2. The summed E-state index contributed by atoms with van der Waals surface area (Å²) in [7, 11) is 0. The maximum Gasteiger partial charge on any atom is 0.416 e. The van der Waals surface area contributed by atoms with Crippen LogP contribution in [-0.2, 0) is 34.5 Å². The third kappa shape index (κ3) is 4.51. The molecule has 2 atom stereocenters. The van der Waals surface area contributed by atoms with Gasteiger partial charge in [0.15, 0.2) is 0 Å². The standard InChI is InChI=1S/C30H32F3N3O4/c31-30(32,33)21-5-3-19(4-6-21)16-35-14-13-29(40,28(18-35)11-1-2-12-28)22-7-8-23-20(15-22)17-36(27(23)39)24-9-10-25(37)34-26(24)38/h3-8,15,24,40H,1-2,9-14,16-18H2,(H,34,37,38)/t24-,29-/m1/s1. The molecular weight excluding hydrogens is 523 g/mol. The summed E-state index contributed by atoms with van der Waals surface area (Å²) in [4.78, 5) is 40.9. The van der Waals surface area contributed by atoms with Gasteiger partial charge in [0.05, 0.1) is 11.2 Å². The second kappa shape index (κ2) is 9.69. The summed E-state index contributed by atoms with van der Waals surface area (Å²) in [6.07, 6.45) is 0.236. The molecule has 1 saturated carbocycles. The Labute approximate surface area is 230 Å². The molecule has 3 amide bonds. The number of rotatable bonds is 4. The molecule has 3 fully saturated rings. The molecule has 1 aliphatic carbocycles. The van der Waals surface area contributed by atoms with Crippen molar-refractivity contribution in [3.8, 4) is 0 Å². The van der Waals surface area contributed by atoms with Gasteiger partial charge in [-0.1, -0.05) is 37.1 Å². The molecule has 0 unspecified atom stereocenters. The Bertz CT molecular complexity index is 1350. The van der Waals surface area contributed by atoms with Crippen LogP contribution in [0, 0.1) is 5.41 Å². The zero-order valence-electron chi connectivity index (χ0n) is 22.1. The summed E-state index contributed by atoms with van der Waals surface area (Å²) in [5.41, 5.74) is 0.662. The second-order valence-corrected chi connectivity index (χ2v) is 11.8. The Kier molecular flexibility index (Phi) is 6.53. The number of carbonyl (C=O) groups excluding carboxylic acids is 3. The molecule has 1 spiro atoms. The molecule has 0 bridgehead atoms. The Balaban J connectivity index is 1.22. The molecule has 212 valence electrons. The monoisotopic (exact) mass is 555 g/mol. The Morgan fingerprint density at radius 2 is 1.73 bits per heavy atom. The number of likely N-dealkylation sites (tertiary alicyclic amines) is 1. The largest absolute Gasteiger partial charge is 0.416 e. The zero-order chi connectivity index (χ0) is 28.3. The molecule has 3 heterocycles. The van der Waals surface area contributed by atoms with Crippen LogP contribution in [0.2, 0.25) is 0 Å².